The molecule has 0 aliphatic rings. The van der Waals surface area contributed by atoms with E-state index in [4.69, 9.17) is 4.84 Å². The predicted molar refractivity (Wildman–Crippen MR) is 88.4 cm³/mol. The Morgan fingerprint density at radius 3 is 2.22 bits per heavy atom. The van der Waals surface area contributed by atoms with Gasteiger partial charge in [-0.15, -0.1) is 0 Å². The number of carbonyl (C=O) groups is 1. The quantitative estimate of drug-likeness (QED) is 0.733. The van der Waals surface area contributed by atoms with E-state index >= 15 is 0 Å². The Balaban J connectivity index is 1.58. The first-order valence-electron chi connectivity index (χ1n) is 7.30. The predicted octanol–water partition coefficient (Wildman–Crippen LogP) is 3.61. The molecule has 0 spiro atoms. The monoisotopic (exact) mass is 304 g/mol. The molecule has 0 unspecified atom stereocenters. The van der Waals surface area contributed by atoms with Crippen LogP contribution < -0.4 is 5.48 Å². The van der Waals surface area contributed by atoms with Crippen LogP contribution in [0.5, 0.6) is 0 Å². The largest absolute Gasteiger partial charge is 0.293 e. The van der Waals surface area contributed by atoms with Gasteiger partial charge in [-0.05, 0) is 17.2 Å². The standard InChI is InChI=1S/C19H16N2O2/c22-19(21-23-14-15-7-3-1-4-8-15)18-12-11-17(13-20-18)16-9-5-2-6-10-16/h1-13H,14H2,(H,21,22). The number of benzene rings is 2. The van der Waals surface area contributed by atoms with E-state index in [-0.39, 0.29) is 5.91 Å². The fraction of sp³-hybridized carbons (Fsp3) is 0.0526. The van der Waals surface area contributed by atoms with Crippen LogP contribution in [0, 0.1) is 0 Å². The lowest BCUT2D eigenvalue weighted by atomic mass is 10.1. The van der Waals surface area contributed by atoms with Gasteiger partial charge in [0.1, 0.15) is 5.69 Å². The molecule has 3 aromatic rings. The number of carbonyl (C=O) groups excluding carboxylic acids is 1. The molecule has 0 aliphatic heterocycles. The van der Waals surface area contributed by atoms with E-state index in [9.17, 15) is 4.79 Å². The number of nitrogens with one attached hydrogen (secondary N) is 1. The van der Waals surface area contributed by atoms with Gasteiger partial charge in [-0.2, -0.15) is 0 Å². The summed E-state index contributed by atoms with van der Waals surface area (Å²) in [4.78, 5) is 21.4. The minimum atomic E-state index is -0.361. The second-order valence-corrected chi connectivity index (χ2v) is 5.00. The van der Waals surface area contributed by atoms with Crippen molar-refractivity contribution < 1.29 is 9.63 Å². The molecule has 1 N–H and O–H groups in total. The third kappa shape index (κ3) is 4.02. The highest BCUT2D eigenvalue weighted by atomic mass is 16.6. The van der Waals surface area contributed by atoms with Crippen molar-refractivity contribution in [2.75, 3.05) is 0 Å². The number of amides is 1. The van der Waals surface area contributed by atoms with Crippen LogP contribution >= 0.6 is 0 Å². The number of hydroxylamine groups is 1. The van der Waals surface area contributed by atoms with Crippen molar-refractivity contribution in [3.8, 4) is 11.1 Å². The molecular formula is C19H16N2O2. The maximum atomic E-state index is 12.0. The van der Waals surface area contributed by atoms with E-state index in [0.29, 0.717) is 12.3 Å². The van der Waals surface area contributed by atoms with Crippen molar-refractivity contribution in [1.82, 2.24) is 10.5 Å². The van der Waals surface area contributed by atoms with Gasteiger partial charge in [-0.1, -0.05) is 66.7 Å². The first kappa shape index (κ1) is 14.9. The zero-order valence-corrected chi connectivity index (χ0v) is 12.5. The number of pyridine rings is 1. The molecule has 0 saturated carbocycles. The Bertz CT molecular complexity index is 756. The van der Waals surface area contributed by atoms with Crippen molar-refractivity contribution in [2.24, 2.45) is 0 Å². The fourth-order valence-corrected chi connectivity index (χ4v) is 2.14. The summed E-state index contributed by atoms with van der Waals surface area (Å²) < 4.78 is 0. The van der Waals surface area contributed by atoms with Gasteiger partial charge in [0.2, 0.25) is 0 Å². The zero-order valence-electron chi connectivity index (χ0n) is 12.5. The van der Waals surface area contributed by atoms with Crippen LogP contribution in [-0.4, -0.2) is 10.9 Å². The van der Waals surface area contributed by atoms with Crippen LogP contribution in [-0.2, 0) is 11.4 Å². The van der Waals surface area contributed by atoms with Crippen LogP contribution in [0.25, 0.3) is 11.1 Å². The van der Waals surface area contributed by atoms with Crippen LogP contribution in [0.15, 0.2) is 79.0 Å². The summed E-state index contributed by atoms with van der Waals surface area (Å²) in [5.74, 6) is -0.361. The molecule has 1 heterocycles. The lowest BCUT2D eigenvalue weighted by Gasteiger charge is -2.06. The van der Waals surface area contributed by atoms with Gasteiger partial charge in [-0.25, -0.2) is 5.48 Å². The van der Waals surface area contributed by atoms with E-state index in [0.717, 1.165) is 16.7 Å². The van der Waals surface area contributed by atoms with E-state index in [1.54, 1.807) is 12.3 Å². The minimum absolute atomic E-state index is 0.314. The molecule has 114 valence electrons. The van der Waals surface area contributed by atoms with Crippen LogP contribution in [0.4, 0.5) is 0 Å². The second-order valence-electron chi connectivity index (χ2n) is 5.00. The molecule has 2 aromatic carbocycles. The third-order valence-electron chi connectivity index (χ3n) is 3.35. The molecule has 0 radical (unpaired) electrons. The van der Waals surface area contributed by atoms with Gasteiger partial charge >= 0.3 is 0 Å². The summed E-state index contributed by atoms with van der Waals surface area (Å²) in [7, 11) is 0. The molecule has 23 heavy (non-hydrogen) atoms. The number of nitrogens with zero attached hydrogens (tertiary/aromatic N) is 1. The van der Waals surface area contributed by atoms with Crippen molar-refractivity contribution in [1.29, 1.82) is 0 Å². The Hall–Kier alpha value is -2.98. The Morgan fingerprint density at radius 2 is 1.57 bits per heavy atom. The number of aromatic nitrogens is 1. The Labute approximate surface area is 134 Å². The van der Waals surface area contributed by atoms with E-state index in [2.05, 4.69) is 10.5 Å². The van der Waals surface area contributed by atoms with E-state index < -0.39 is 0 Å². The summed E-state index contributed by atoms with van der Waals surface area (Å²) in [6, 6.07) is 23.1. The van der Waals surface area contributed by atoms with Crippen molar-refractivity contribution in [2.45, 2.75) is 6.61 Å². The molecule has 0 saturated heterocycles. The maximum Gasteiger partial charge on any atom is 0.293 e. The SMILES string of the molecule is O=C(NOCc1ccccc1)c1ccc(-c2ccccc2)cn1. The summed E-state index contributed by atoms with van der Waals surface area (Å²) in [5, 5.41) is 0. The average Bonchev–Trinajstić information content (AvgIpc) is 2.63. The first-order chi connectivity index (χ1) is 11.3. The van der Waals surface area contributed by atoms with Gasteiger partial charge in [0.05, 0.1) is 6.61 Å². The van der Waals surface area contributed by atoms with E-state index in [1.807, 2.05) is 66.7 Å². The molecule has 0 aliphatic carbocycles. The highest BCUT2D eigenvalue weighted by Crippen LogP contribution is 2.17. The number of hydrogen-bond donors (Lipinski definition) is 1. The van der Waals surface area contributed by atoms with Gasteiger partial charge in [0.25, 0.3) is 5.91 Å². The number of hydrogen-bond acceptors (Lipinski definition) is 3. The fourth-order valence-electron chi connectivity index (χ4n) is 2.14. The topological polar surface area (TPSA) is 51.2 Å². The third-order valence-corrected chi connectivity index (χ3v) is 3.35. The van der Waals surface area contributed by atoms with Crippen molar-refractivity contribution in [3.05, 3.63) is 90.3 Å². The lowest BCUT2D eigenvalue weighted by Crippen LogP contribution is -2.24. The summed E-state index contributed by atoms with van der Waals surface area (Å²) in [6.07, 6.45) is 1.68. The van der Waals surface area contributed by atoms with E-state index in [1.165, 1.54) is 0 Å². The Morgan fingerprint density at radius 1 is 0.870 bits per heavy atom. The van der Waals surface area contributed by atoms with Crippen LogP contribution in [0.2, 0.25) is 0 Å². The zero-order chi connectivity index (χ0) is 15.9. The van der Waals surface area contributed by atoms with Gasteiger partial charge in [0.15, 0.2) is 0 Å². The van der Waals surface area contributed by atoms with Crippen LogP contribution in [0.3, 0.4) is 0 Å². The molecule has 0 fully saturated rings. The normalized spacial score (nSPS) is 10.3. The maximum absolute atomic E-state index is 12.0. The smallest absolute Gasteiger partial charge is 0.269 e. The number of rotatable bonds is 5. The van der Waals surface area contributed by atoms with Crippen LogP contribution in [0.1, 0.15) is 16.1 Å². The van der Waals surface area contributed by atoms with Crippen molar-refractivity contribution in [3.63, 3.8) is 0 Å². The molecule has 0 atom stereocenters. The highest BCUT2D eigenvalue weighted by Gasteiger charge is 2.07. The minimum Gasteiger partial charge on any atom is -0.269 e. The van der Waals surface area contributed by atoms with Gasteiger partial charge in [0, 0.05) is 11.8 Å². The molecular weight excluding hydrogens is 288 g/mol. The average molecular weight is 304 g/mol. The molecule has 1 aromatic heterocycles. The first-order valence-corrected chi connectivity index (χ1v) is 7.30. The summed E-state index contributed by atoms with van der Waals surface area (Å²) in [6.45, 7) is 0.314. The molecule has 4 heteroatoms. The molecule has 0 bridgehead atoms. The second kappa shape index (κ2) is 7.33. The summed E-state index contributed by atoms with van der Waals surface area (Å²) in [5.41, 5.74) is 5.74. The Kier molecular flexibility index (Phi) is 4.76. The van der Waals surface area contributed by atoms with Gasteiger partial charge < -0.3 is 0 Å². The summed E-state index contributed by atoms with van der Waals surface area (Å²) >= 11 is 0. The lowest BCUT2D eigenvalue weighted by molar-refractivity contribution is 0.0229. The molecule has 3 rings (SSSR count). The molecule has 4 nitrogen and oxygen atoms in total. The molecule has 1 amide bonds. The van der Waals surface area contributed by atoms with Crippen molar-refractivity contribution >= 4 is 5.91 Å². The van der Waals surface area contributed by atoms with Gasteiger partial charge in [-0.3, -0.25) is 14.6 Å². The highest BCUT2D eigenvalue weighted by molar-refractivity contribution is 5.91.